The molecule has 0 saturated carbocycles. The van der Waals surface area contributed by atoms with E-state index in [2.05, 4.69) is 35.8 Å². The van der Waals surface area contributed by atoms with Crippen molar-refractivity contribution < 1.29 is 0 Å². The maximum atomic E-state index is 3.83. The van der Waals surface area contributed by atoms with E-state index in [4.69, 9.17) is 0 Å². The molecule has 0 aromatic heterocycles. The number of nitrogens with one attached hydrogen (secondary N) is 1. The Labute approximate surface area is 100 Å². The van der Waals surface area contributed by atoms with Gasteiger partial charge in [0.1, 0.15) is 0 Å². The summed E-state index contributed by atoms with van der Waals surface area (Å²) >= 11 is 0. The smallest absolute Gasteiger partial charge is 0.0507 e. The number of piperidine rings is 1. The first-order valence-corrected chi connectivity index (χ1v) is 6.58. The summed E-state index contributed by atoms with van der Waals surface area (Å²) in [7, 11) is 0. The maximum Gasteiger partial charge on any atom is 0.0507 e. The molecule has 0 aliphatic carbocycles. The van der Waals surface area contributed by atoms with Crippen molar-refractivity contribution in [1.29, 1.82) is 0 Å². The monoisotopic (exact) mass is 225 g/mol. The molecule has 16 heavy (non-hydrogen) atoms. The summed E-state index contributed by atoms with van der Waals surface area (Å²) in [5.74, 6) is 1.82. The lowest BCUT2D eigenvalue weighted by Gasteiger charge is -2.32. The first-order chi connectivity index (χ1) is 7.72. The third-order valence-corrected chi connectivity index (χ3v) is 3.29. The van der Waals surface area contributed by atoms with Gasteiger partial charge in [0.25, 0.3) is 0 Å². The number of hydrogen-bond donors (Lipinski definition) is 1. The molecule has 1 saturated heterocycles. The van der Waals surface area contributed by atoms with Gasteiger partial charge in [0.2, 0.25) is 0 Å². The minimum atomic E-state index is 0.823. The predicted octanol–water partition coefficient (Wildman–Crippen LogP) is 1.99. The van der Waals surface area contributed by atoms with Gasteiger partial charge in [-0.15, -0.1) is 0 Å². The Morgan fingerprint density at radius 2 is 2.06 bits per heavy atom. The first kappa shape index (κ1) is 13.7. The van der Waals surface area contributed by atoms with Crippen LogP contribution in [0.15, 0.2) is 4.99 Å². The molecule has 0 radical (unpaired) electrons. The molecule has 94 valence electrons. The van der Waals surface area contributed by atoms with Gasteiger partial charge in [-0.25, -0.2) is 0 Å². The molecule has 0 spiro atoms. The van der Waals surface area contributed by atoms with Gasteiger partial charge in [-0.1, -0.05) is 13.8 Å². The molecule has 0 aromatic rings. The Morgan fingerprint density at radius 3 is 2.62 bits per heavy atom. The number of likely N-dealkylation sites (tertiary alicyclic amines) is 1. The topological polar surface area (TPSA) is 27.6 Å². The minimum Gasteiger partial charge on any atom is -0.302 e. The van der Waals surface area contributed by atoms with Gasteiger partial charge in [0.05, 0.1) is 6.54 Å². The molecular formula is C13H27N3. The van der Waals surface area contributed by atoms with Gasteiger partial charge < -0.3 is 5.32 Å². The predicted molar refractivity (Wildman–Crippen MR) is 71.0 cm³/mol. The zero-order valence-electron chi connectivity index (χ0n) is 10.9. The van der Waals surface area contributed by atoms with Crippen LogP contribution in [0.25, 0.3) is 0 Å². The van der Waals surface area contributed by atoms with Crippen LogP contribution >= 0.6 is 0 Å². The van der Waals surface area contributed by atoms with E-state index in [1.165, 1.54) is 32.4 Å². The summed E-state index contributed by atoms with van der Waals surface area (Å²) < 4.78 is 0. The largest absolute Gasteiger partial charge is 0.302 e. The maximum absolute atomic E-state index is 3.83. The van der Waals surface area contributed by atoms with Crippen LogP contribution in [0, 0.1) is 11.8 Å². The summed E-state index contributed by atoms with van der Waals surface area (Å²) in [4.78, 5) is 6.35. The van der Waals surface area contributed by atoms with Gasteiger partial charge in [-0.05, 0) is 50.9 Å². The fraction of sp³-hybridized carbons (Fsp3) is 0.923. The summed E-state index contributed by atoms with van der Waals surface area (Å²) in [6.45, 7) is 13.4. The molecule has 1 aliphatic rings. The second-order valence-electron chi connectivity index (χ2n) is 5.30. The summed E-state index contributed by atoms with van der Waals surface area (Å²) in [6.07, 6.45) is 4.15. The van der Waals surface area contributed by atoms with Crippen molar-refractivity contribution in [2.75, 3.05) is 32.8 Å². The van der Waals surface area contributed by atoms with Crippen molar-refractivity contribution in [2.24, 2.45) is 16.8 Å². The second-order valence-corrected chi connectivity index (χ2v) is 5.30. The van der Waals surface area contributed by atoms with Crippen molar-refractivity contribution >= 4 is 6.72 Å². The molecule has 1 N–H and O–H groups in total. The standard InChI is InChI=1S/C13H27N3/c1-12(2)10-13-4-8-16(9-5-13)11-15-7-6-14-3/h12-13,15H,3-11H2,1-2H3. The van der Waals surface area contributed by atoms with Crippen LogP contribution in [0.5, 0.6) is 0 Å². The van der Waals surface area contributed by atoms with Crippen LogP contribution in [0.4, 0.5) is 0 Å². The van der Waals surface area contributed by atoms with Crippen LogP contribution in [0.2, 0.25) is 0 Å². The van der Waals surface area contributed by atoms with Gasteiger partial charge in [0.15, 0.2) is 0 Å². The summed E-state index contributed by atoms with van der Waals surface area (Å²) in [6, 6.07) is 0. The number of rotatable bonds is 7. The van der Waals surface area contributed by atoms with Crippen molar-refractivity contribution in [3.8, 4) is 0 Å². The number of nitrogens with zero attached hydrogens (tertiary/aromatic N) is 2. The summed E-state index contributed by atoms with van der Waals surface area (Å²) in [5.41, 5.74) is 0. The van der Waals surface area contributed by atoms with E-state index in [0.29, 0.717) is 0 Å². The summed E-state index contributed by atoms with van der Waals surface area (Å²) in [5, 5.41) is 3.40. The third-order valence-electron chi connectivity index (χ3n) is 3.29. The zero-order valence-corrected chi connectivity index (χ0v) is 10.9. The lowest BCUT2D eigenvalue weighted by atomic mass is 9.89. The van der Waals surface area contributed by atoms with Crippen LogP contribution in [0.1, 0.15) is 33.1 Å². The Kier molecular flexibility index (Phi) is 6.65. The average Bonchev–Trinajstić information content (AvgIpc) is 2.26. The highest BCUT2D eigenvalue weighted by atomic mass is 15.2. The van der Waals surface area contributed by atoms with Gasteiger partial charge >= 0.3 is 0 Å². The highest BCUT2D eigenvalue weighted by Gasteiger charge is 2.19. The SMILES string of the molecule is C=NCCNCN1CCC(CC(C)C)CC1. The second kappa shape index (κ2) is 7.80. The first-order valence-electron chi connectivity index (χ1n) is 6.58. The molecular weight excluding hydrogens is 198 g/mol. The van der Waals surface area contributed by atoms with Crippen LogP contribution in [0.3, 0.4) is 0 Å². The molecule has 0 aromatic carbocycles. The van der Waals surface area contributed by atoms with Crippen molar-refractivity contribution in [2.45, 2.75) is 33.1 Å². The molecule has 1 heterocycles. The number of aliphatic imine (C=N–C) groups is 1. The lowest BCUT2D eigenvalue weighted by molar-refractivity contribution is 0.161. The molecule has 3 heteroatoms. The molecule has 3 nitrogen and oxygen atoms in total. The lowest BCUT2D eigenvalue weighted by Crippen LogP contribution is -2.40. The fourth-order valence-corrected chi connectivity index (χ4v) is 2.44. The Bertz CT molecular complexity index is 184. The molecule has 0 unspecified atom stereocenters. The van der Waals surface area contributed by atoms with Crippen molar-refractivity contribution in [3.63, 3.8) is 0 Å². The van der Waals surface area contributed by atoms with Gasteiger partial charge in [0, 0.05) is 13.2 Å². The van der Waals surface area contributed by atoms with Crippen LogP contribution in [-0.2, 0) is 0 Å². The highest BCUT2D eigenvalue weighted by Crippen LogP contribution is 2.23. The van der Waals surface area contributed by atoms with Crippen molar-refractivity contribution in [1.82, 2.24) is 10.2 Å². The van der Waals surface area contributed by atoms with Crippen molar-refractivity contribution in [3.05, 3.63) is 0 Å². The average molecular weight is 225 g/mol. The van der Waals surface area contributed by atoms with Crippen LogP contribution in [-0.4, -0.2) is 44.5 Å². The molecule has 0 amide bonds. The Morgan fingerprint density at radius 1 is 1.38 bits per heavy atom. The Balaban J connectivity index is 2.05. The van der Waals surface area contributed by atoms with Gasteiger partial charge in [-0.3, -0.25) is 9.89 Å². The molecule has 0 atom stereocenters. The van der Waals surface area contributed by atoms with E-state index >= 15 is 0 Å². The fourth-order valence-electron chi connectivity index (χ4n) is 2.44. The highest BCUT2D eigenvalue weighted by molar-refractivity contribution is 5.23. The van der Waals surface area contributed by atoms with Gasteiger partial charge in [-0.2, -0.15) is 0 Å². The molecule has 1 rings (SSSR count). The zero-order chi connectivity index (χ0) is 11.8. The molecule has 1 fully saturated rings. The van der Waals surface area contributed by atoms with E-state index in [1.54, 1.807) is 0 Å². The molecule has 0 bridgehead atoms. The van der Waals surface area contributed by atoms with E-state index in [-0.39, 0.29) is 0 Å². The van der Waals surface area contributed by atoms with E-state index in [1.807, 2.05) is 0 Å². The number of hydrogen-bond acceptors (Lipinski definition) is 3. The van der Waals surface area contributed by atoms with Crippen LogP contribution < -0.4 is 5.32 Å². The normalized spacial score (nSPS) is 19.2. The molecule has 1 aliphatic heterocycles. The van der Waals surface area contributed by atoms with E-state index in [9.17, 15) is 0 Å². The minimum absolute atomic E-state index is 0.823. The quantitative estimate of drug-likeness (QED) is 0.530. The van der Waals surface area contributed by atoms with E-state index in [0.717, 1.165) is 31.6 Å². The van der Waals surface area contributed by atoms with E-state index < -0.39 is 0 Å². The third kappa shape index (κ3) is 5.61. The Hall–Kier alpha value is -0.410.